The normalized spacial score (nSPS) is 11.7. The molecule has 1 amide bonds. The van der Waals surface area contributed by atoms with Crippen molar-refractivity contribution >= 4 is 30.3 Å². The quantitative estimate of drug-likeness (QED) is 0.0695. The van der Waals surface area contributed by atoms with Gasteiger partial charge in [-0.3, -0.25) is 5.32 Å². The standard InChI is InChI=1S/C16H18F3NO4.C11H10F3NO2.C10H18O5/c1-16(2,3)24-15(22)20-10(7-14(21)23-4)5-9-6-12(18)13(19)8-11(9)17;1-17-11(16)4-7(15)2-6-3-9(13)10(14)5-8(6)12;1-9(2,3)14-7(11)13-8(12)15-10(4,5)6/h6-8H,5H2,1-4H3,(H,20,22);3-5H,2,15H2,1H3;1-6H3/b10-7-;7-4-;. The predicted molar refractivity (Wildman–Crippen MR) is 187 cm³/mol. The maximum absolute atomic E-state index is 13.7. The van der Waals surface area contributed by atoms with Gasteiger partial charge in [0, 0.05) is 48.5 Å². The van der Waals surface area contributed by atoms with Gasteiger partial charge >= 0.3 is 30.3 Å². The fourth-order valence-electron chi connectivity index (χ4n) is 3.46. The van der Waals surface area contributed by atoms with Crippen LogP contribution in [0.15, 0.2) is 47.8 Å². The average Bonchev–Trinajstić information content (AvgIpc) is 3.00. The van der Waals surface area contributed by atoms with Crippen molar-refractivity contribution in [1.82, 2.24) is 5.32 Å². The Morgan fingerprint density at radius 2 is 0.929 bits per heavy atom. The zero-order valence-electron chi connectivity index (χ0n) is 32.7. The van der Waals surface area contributed by atoms with Crippen molar-refractivity contribution in [3.8, 4) is 0 Å². The zero-order chi connectivity index (χ0) is 43.8. The molecule has 19 heteroatoms. The number of carbonyl (C=O) groups excluding carboxylic acids is 5. The van der Waals surface area contributed by atoms with Crippen LogP contribution in [0.4, 0.5) is 40.7 Å². The predicted octanol–water partition coefficient (Wildman–Crippen LogP) is 7.76. The number of amides is 1. The van der Waals surface area contributed by atoms with Crippen LogP contribution in [0.25, 0.3) is 0 Å². The van der Waals surface area contributed by atoms with E-state index in [0.717, 1.165) is 26.4 Å². The molecule has 56 heavy (non-hydrogen) atoms. The summed E-state index contributed by atoms with van der Waals surface area (Å²) in [6, 6.07) is 2.15. The van der Waals surface area contributed by atoms with Crippen molar-refractivity contribution in [2.24, 2.45) is 5.73 Å². The number of benzene rings is 2. The molecule has 0 aliphatic carbocycles. The third kappa shape index (κ3) is 22.5. The molecule has 0 saturated heterocycles. The van der Waals surface area contributed by atoms with Crippen LogP contribution in [0.3, 0.4) is 0 Å². The van der Waals surface area contributed by atoms with E-state index in [4.69, 9.17) is 19.9 Å². The first-order valence-electron chi connectivity index (χ1n) is 16.2. The number of rotatable bonds is 7. The molecule has 0 saturated carbocycles. The molecule has 0 unspecified atom stereocenters. The molecule has 13 nitrogen and oxygen atoms in total. The van der Waals surface area contributed by atoms with Crippen LogP contribution >= 0.6 is 0 Å². The topological polar surface area (TPSA) is 179 Å². The fourth-order valence-corrected chi connectivity index (χ4v) is 3.46. The molecule has 2 aromatic carbocycles. The Morgan fingerprint density at radius 1 is 0.571 bits per heavy atom. The van der Waals surface area contributed by atoms with Gasteiger partial charge in [-0.2, -0.15) is 0 Å². The second kappa shape index (κ2) is 22.0. The smallest absolute Gasteiger partial charge is 0.466 e. The van der Waals surface area contributed by atoms with Gasteiger partial charge in [-0.05, 0) is 85.6 Å². The second-order valence-electron chi connectivity index (χ2n) is 14.2. The molecule has 0 aromatic heterocycles. The highest BCUT2D eigenvalue weighted by Crippen LogP contribution is 2.18. The first-order valence-corrected chi connectivity index (χ1v) is 16.2. The minimum Gasteiger partial charge on any atom is -0.466 e. The Bertz CT molecular complexity index is 1750. The molecule has 0 bridgehead atoms. The number of hydrogen-bond donors (Lipinski definition) is 2. The zero-order valence-corrected chi connectivity index (χ0v) is 32.7. The molecule has 2 aromatic rings. The van der Waals surface area contributed by atoms with Crippen LogP contribution in [0.5, 0.6) is 0 Å². The number of hydrogen-bond acceptors (Lipinski definition) is 12. The SMILES string of the molecule is CC(C)(C)OC(=O)OC(=O)OC(C)(C)C.COC(=O)/C=C(/Cc1cc(F)c(F)cc1F)NC(=O)OC(C)(C)C.COC(=O)/C=C(\N)Cc1cc(F)c(F)cc1F. The van der Waals surface area contributed by atoms with Gasteiger partial charge in [-0.15, -0.1) is 0 Å². The highest BCUT2D eigenvalue weighted by atomic mass is 19.2. The van der Waals surface area contributed by atoms with Crippen molar-refractivity contribution < 1.29 is 78.7 Å². The number of methoxy groups -OCH3 is 2. The third-order valence-corrected chi connectivity index (χ3v) is 5.56. The molecule has 0 fully saturated rings. The van der Waals surface area contributed by atoms with E-state index in [1.165, 1.54) is 0 Å². The van der Waals surface area contributed by atoms with Gasteiger partial charge in [0.05, 0.1) is 14.2 Å². The number of carbonyl (C=O) groups is 5. The number of nitrogens with one attached hydrogen (secondary N) is 1. The van der Waals surface area contributed by atoms with Gasteiger partial charge in [0.15, 0.2) is 23.3 Å². The molecule has 2 rings (SSSR count). The molecular formula is C37H46F6N2O11. The van der Waals surface area contributed by atoms with Crippen LogP contribution in [-0.4, -0.2) is 61.4 Å². The minimum atomic E-state index is -1.34. The molecule has 0 aliphatic rings. The van der Waals surface area contributed by atoms with Crippen LogP contribution in [-0.2, 0) is 50.9 Å². The molecule has 0 aliphatic heterocycles. The molecule has 0 atom stereocenters. The maximum atomic E-state index is 13.7. The van der Waals surface area contributed by atoms with Crippen molar-refractivity contribution in [2.75, 3.05) is 14.2 Å². The van der Waals surface area contributed by atoms with E-state index in [0.29, 0.717) is 24.3 Å². The van der Waals surface area contributed by atoms with E-state index in [9.17, 15) is 50.3 Å². The summed E-state index contributed by atoms with van der Waals surface area (Å²) in [4.78, 5) is 56.0. The second-order valence-corrected chi connectivity index (χ2v) is 14.2. The number of halogens is 6. The van der Waals surface area contributed by atoms with E-state index in [2.05, 4.69) is 19.5 Å². The minimum absolute atomic E-state index is 0.0123. The van der Waals surface area contributed by atoms with Crippen molar-refractivity contribution in [3.05, 3.63) is 93.8 Å². The summed E-state index contributed by atoms with van der Waals surface area (Å²) in [7, 11) is 2.27. The van der Waals surface area contributed by atoms with Crippen LogP contribution in [0.1, 0.15) is 73.4 Å². The van der Waals surface area contributed by atoms with Gasteiger partial charge in [0.2, 0.25) is 0 Å². The Kier molecular flexibility index (Phi) is 19.7. The van der Waals surface area contributed by atoms with E-state index < -0.39 is 82.0 Å². The monoisotopic (exact) mass is 808 g/mol. The van der Waals surface area contributed by atoms with Gasteiger partial charge in [0.1, 0.15) is 28.4 Å². The molecule has 0 radical (unpaired) electrons. The van der Waals surface area contributed by atoms with Gasteiger partial charge in [0.25, 0.3) is 0 Å². The summed E-state index contributed by atoms with van der Waals surface area (Å²) in [6.45, 7) is 14.9. The molecule has 0 heterocycles. The van der Waals surface area contributed by atoms with Crippen LogP contribution < -0.4 is 11.1 Å². The molecular weight excluding hydrogens is 762 g/mol. The number of allylic oxidation sites excluding steroid dienone is 2. The largest absolute Gasteiger partial charge is 0.519 e. The number of esters is 2. The highest BCUT2D eigenvalue weighted by Gasteiger charge is 2.24. The summed E-state index contributed by atoms with van der Waals surface area (Å²) in [5.74, 6) is -8.50. The number of alkyl carbamates (subject to hydrolysis) is 1. The Balaban J connectivity index is 0.000000840. The summed E-state index contributed by atoms with van der Waals surface area (Å²) >= 11 is 0. The van der Waals surface area contributed by atoms with E-state index in [1.807, 2.05) is 0 Å². The van der Waals surface area contributed by atoms with Gasteiger partial charge in [-0.25, -0.2) is 50.3 Å². The first kappa shape index (κ1) is 50.2. The molecule has 3 N–H and O–H groups in total. The highest BCUT2D eigenvalue weighted by molar-refractivity contribution is 5.84. The number of nitrogens with two attached hydrogens (primary N) is 1. The van der Waals surface area contributed by atoms with Gasteiger partial charge in [-0.1, -0.05) is 0 Å². The first-order chi connectivity index (χ1) is 25.4. The number of ether oxygens (including phenoxy) is 6. The van der Waals surface area contributed by atoms with E-state index in [-0.39, 0.29) is 35.4 Å². The lowest BCUT2D eigenvalue weighted by Crippen LogP contribution is -2.33. The lowest BCUT2D eigenvalue weighted by atomic mass is 10.1. The Hall–Kier alpha value is -5.75. The van der Waals surface area contributed by atoms with Crippen molar-refractivity contribution in [3.63, 3.8) is 0 Å². The summed E-state index contributed by atoms with van der Waals surface area (Å²) in [6.07, 6.45) is -1.75. The van der Waals surface area contributed by atoms with Crippen molar-refractivity contribution in [2.45, 2.75) is 92.0 Å². The van der Waals surface area contributed by atoms with Crippen LogP contribution in [0, 0.1) is 34.9 Å². The average molecular weight is 809 g/mol. The lowest BCUT2D eigenvalue weighted by Gasteiger charge is -2.20. The van der Waals surface area contributed by atoms with Gasteiger partial charge < -0.3 is 34.2 Å². The fraction of sp³-hybridized carbons (Fsp3) is 0.432. The Labute approximate surface area is 320 Å². The van der Waals surface area contributed by atoms with Crippen LogP contribution in [0.2, 0.25) is 0 Å². The summed E-state index contributed by atoms with van der Waals surface area (Å²) in [5.41, 5.74) is 2.73. The van der Waals surface area contributed by atoms with Crippen molar-refractivity contribution in [1.29, 1.82) is 0 Å². The van der Waals surface area contributed by atoms with E-state index in [1.54, 1.807) is 62.3 Å². The third-order valence-electron chi connectivity index (χ3n) is 5.56. The summed E-state index contributed by atoms with van der Waals surface area (Å²) in [5, 5.41) is 2.26. The summed E-state index contributed by atoms with van der Waals surface area (Å²) < 4.78 is 106. The Morgan fingerprint density at radius 3 is 1.30 bits per heavy atom. The molecule has 312 valence electrons. The molecule has 0 spiro atoms. The van der Waals surface area contributed by atoms with E-state index >= 15 is 0 Å². The maximum Gasteiger partial charge on any atom is 0.519 e. The lowest BCUT2D eigenvalue weighted by molar-refractivity contribution is -0.135.